The molecule has 0 N–H and O–H groups in total. The number of thioether (sulfide) groups is 1. The molecule has 0 heterocycles. The van der Waals surface area contributed by atoms with Crippen LogP contribution in [0, 0.1) is 11.3 Å². The summed E-state index contributed by atoms with van der Waals surface area (Å²) in [5.74, 6) is 0.958. The Balaban J connectivity index is 2.35. The van der Waals surface area contributed by atoms with Gasteiger partial charge in [-0.1, -0.05) is 42.4 Å². The van der Waals surface area contributed by atoms with E-state index in [1.165, 1.54) is 0 Å². The third-order valence-electron chi connectivity index (χ3n) is 2.42. The largest absolute Gasteiger partial charge is 0.192 e. The van der Waals surface area contributed by atoms with Crippen molar-refractivity contribution in [3.63, 3.8) is 0 Å². The summed E-state index contributed by atoms with van der Waals surface area (Å²) in [6.07, 6.45) is 0. The van der Waals surface area contributed by atoms with Crippen molar-refractivity contribution in [3.8, 4) is 6.07 Å². The molecule has 0 aliphatic carbocycles. The average molecular weight is 306 g/mol. The molecule has 2 rings (SSSR count). The summed E-state index contributed by atoms with van der Waals surface area (Å²) in [5, 5.41) is 10.1. The van der Waals surface area contributed by atoms with Crippen LogP contribution in [0.25, 0.3) is 0 Å². The molecule has 0 aromatic heterocycles. The SMILES string of the molecule is CCSc1cccc(Sc2cccc(Cl)c2)c1C#N. The average Bonchev–Trinajstić information content (AvgIpc) is 2.39. The van der Waals surface area contributed by atoms with Gasteiger partial charge in [-0.05, 0) is 36.1 Å². The molecule has 4 heteroatoms. The van der Waals surface area contributed by atoms with Crippen LogP contribution in [0.15, 0.2) is 57.2 Å². The summed E-state index contributed by atoms with van der Waals surface area (Å²) in [7, 11) is 0. The fourth-order valence-corrected chi connectivity index (χ4v) is 3.74. The lowest BCUT2D eigenvalue weighted by atomic mass is 10.2. The number of halogens is 1. The third kappa shape index (κ3) is 3.70. The number of hydrogen-bond donors (Lipinski definition) is 0. The van der Waals surface area contributed by atoms with Crippen LogP contribution in [0.4, 0.5) is 0 Å². The Kier molecular flexibility index (Phi) is 5.21. The van der Waals surface area contributed by atoms with Gasteiger partial charge in [-0.15, -0.1) is 11.8 Å². The molecule has 0 aliphatic heterocycles. The summed E-state index contributed by atoms with van der Waals surface area (Å²) >= 11 is 9.25. The molecular weight excluding hydrogens is 294 g/mol. The molecule has 0 saturated heterocycles. The summed E-state index contributed by atoms with van der Waals surface area (Å²) in [4.78, 5) is 3.06. The minimum absolute atomic E-state index is 0.711. The lowest BCUT2D eigenvalue weighted by Gasteiger charge is -2.08. The van der Waals surface area contributed by atoms with Crippen LogP contribution in [0.2, 0.25) is 5.02 Å². The Morgan fingerprint density at radius 3 is 2.58 bits per heavy atom. The standard InChI is InChI=1S/C15H12ClNS2/c1-2-18-14-7-4-8-15(13(14)10-17)19-12-6-3-5-11(16)9-12/h3-9H,2H2,1H3. The lowest BCUT2D eigenvalue weighted by molar-refractivity contribution is 1.25. The summed E-state index contributed by atoms with van der Waals surface area (Å²) in [6, 6.07) is 15.9. The Bertz CT molecular complexity index is 620. The predicted octanol–water partition coefficient (Wildman–Crippen LogP) is 5.47. The maximum absolute atomic E-state index is 9.36. The third-order valence-corrected chi connectivity index (χ3v) is 4.65. The lowest BCUT2D eigenvalue weighted by Crippen LogP contribution is -1.86. The Hall–Kier alpha value is -1.08. The molecule has 0 unspecified atom stereocenters. The second kappa shape index (κ2) is 6.91. The van der Waals surface area contributed by atoms with Crippen LogP contribution >= 0.6 is 35.1 Å². The second-order valence-corrected chi connectivity index (χ2v) is 6.59. The van der Waals surface area contributed by atoms with Gasteiger partial charge < -0.3 is 0 Å². The van der Waals surface area contributed by atoms with Gasteiger partial charge in [-0.25, -0.2) is 0 Å². The highest BCUT2D eigenvalue weighted by Crippen LogP contribution is 2.35. The van der Waals surface area contributed by atoms with Gasteiger partial charge in [-0.2, -0.15) is 5.26 Å². The maximum Gasteiger partial charge on any atom is 0.101 e. The molecule has 0 aliphatic rings. The van der Waals surface area contributed by atoms with Crippen LogP contribution in [-0.2, 0) is 0 Å². The van der Waals surface area contributed by atoms with Crippen LogP contribution in [-0.4, -0.2) is 5.75 Å². The van der Waals surface area contributed by atoms with E-state index in [1.54, 1.807) is 23.5 Å². The summed E-state index contributed by atoms with van der Waals surface area (Å²) < 4.78 is 0. The van der Waals surface area contributed by atoms with Crippen molar-refractivity contribution in [1.29, 1.82) is 5.26 Å². The minimum Gasteiger partial charge on any atom is -0.192 e. The zero-order chi connectivity index (χ0) is 13.7. The zero-order valence-corrected chi connectivity index (χ0v) is 12.8. The molecule has 0 saturated carbocycles. The van der Waals surface area contributed by atoms with Crippen LogP contribution < -0.4 is 0 Å². The van der Waals surface area contributed by atoms with Crippen molar-refractivity contribution >= 4 is 35.1 Å². The molecular formula is C15H12ClNS2. The van der Waals surface area contributed by atoms with Crippen molar-refractivity contribution < 1.29 is 0 Å². The number of nitrogens with zero attached hydrogens (tertiary/aromatic N) is 1. The first-order valence-electron chi connectivity index (χ1n) is 5.84. The highest BCUT2D eigenvalue weighted by molar-refractivity contribution is 8.00. The van der Waals surface area contributed by atoms with E-state index in [0.29, 0.717) is 5.02 Å². The van der Waals surface area contributed by atoms with E-state index in [0.717, 1.165) is 26.0 Å². The highest BCUT2D eigenvalue weighted by Gasteiger charge is 2.09. The number of hydrogen-bond acceptors (Lipinski definition) is 3. The fraction of sp³-hybridized carbons (Fsp3) is 0.133. The van der Waals surface area contributed by atoms with Crippen LogP contribution in [0.1, 0.15) is 12.5 Å². The number of rotatable bonds is 4. The predicted molar refractivity (Wildman–Crippen MR) is 83.1 cm³/mol. The van der Waals surface area contributed by atoms with Crippen LogP contribution in [0.5, 0.6) is 0 Å². The van der Waals surface area contributed by atoms with E-state index in [4.69, 9.17) is 11.6 Å². The normalized spacial score (nSPS) is 10.2. The molecule has 0 atom stereocenters. The summed E-state index contributed by atoms with van der Waals surface area (Å²) in [6.45, 7) is 2.09. The first-order chi connectivity index (χ1) is 9.24. The van der Waals surface area contributed by atoms with Gasteiger partial charge in [-0.3, -0.25) is 0 Å². The molecule has 0 spiro atoms. The topological polar surface area (TPSA) is 23.8 Å². The molecule has 1 nitrogen and oxygen atoms in total. The van der Waals surface area contributed by atoms with E-state index in [2.05, 4.69) is 13.0 Å². The molecule has 0 bridgehead atoms. The van der Waals surface area contributed by atoms with Gasteiger partial charge in [0.15, 0.2) is 0 Å². The highest BCUT2D eigenvalue weighted by atomic mass is 35.5. The molecule has 19 heavy (non-hydrogen) atoms. The van der Waals surface area contributed by atoms with Gasteiger partial charge in [0, 0.05) is 19.7 Å². The molecule has 0 fully saturated rings. The summed E-state index contributed by atoms with van der Waals surface area (Å²) in [5.41, 5.74) is 0.749. The molecule has 2 aromatic rings. The van der Waals surface area contributed by atoms with Crippen molar-refractivity contribution in [2.24, 2.45) is 0 Å². The van der Waals surface area contributed by atoms with Crippen molar-refractivity contribution in [3.05, 3.63) is 53.1 Å². The first-order valence-corrected chi connectivity index (χ1v) is 8.02. The van der Waals surface area contributed by atoms with E-state index >= 15 is 0 Å². The fourth-order valence-electron chi connectivity index (χ4n) is 1.64. The quantitative estimate of drug-likeness (QED) is 0.699. The zero-order valence-electron chi connectivity index (χ0n) is 10.4. The van der Waals surface area contributed by atoms with Gasteiger partial charge in [0.05, 0.1) is 5.56 Å². The van der Waals surface area contributed by atoms with Gasteiger partial charge >= 0.3 is 0 Å². The number of benzene rings is 2. The molecule has 0 radical (unpaired) electrons. The van der Waals surface area contributed by atoms with Crippen LogP contribution in [0.3, 0.4) is 0 Å². The van der Waals surface area contributed by atoms with Crippen molar-refractivity contribution in [2.75, 3.05) is 5.75 Å². The maximum atomic E-state index is 9.36. The van der Waals surface area contributed by atoms with Gasteiger partial charge in [0.1, 0.15) is 6.07 Å². The van der Waals surface area contributed by atoms with E-state index in [-0.39, 0.29) is 0 Å². The Labute approximate surface area is 127 Å². The van der Waals surface area contributed by atoms with E-state index in [9.17, 15) is 5.26 Å². The number of nitriles is 1. The second-order valence-electron chi connectivity index (χ2n) is 3.73. The smallest absolute Gasteiger partial charge is 0.101 e. The van der Waals surface area contributed by atoms with E-state index in [1.807, 2.05) is 42.5 Å². The monoisotopic (exact) mass is 305 g/mol. The Morgan fingerprint density at radius 1 is 1.16 bits per heavy atom. The molecule has 2 aromatic carbocycles. The van der Waals surface area contributed by atoms with Gasteiger partial charge in [0.25, 0.3) is 0 Å². The minimum atomic E-state index is 0.711. The molecule has 96 valence electrons. The van der Waals surface area contributed by atoms with E-state index < -0.39 is 0 Å². The molecule has 0 amide bonds. The van der Waals surface area contributed by atoms with Crippen molar-refractivity contribution in [1.82, 2.24) is 0 Å². The Morgan fingerprint density at radius 2 is 1.89 bits per heavy atom. The van der Waals surface area contributed by atoms with Gasteiger partial charge in [0.2, 0.25) is 0 Å². The van der Waals surface area contributed by atoms with Crippen molar-refractivity contribution in [2.45, 2.75) is 21.6 Å². The first kappa shape index (κ1) is 14.3.